The van der Waals surface area contributed by atoms with E-state index in [0.717, 1.165) is 42.9 Å². The third kappa shape index (κ3) is 4.74. The zero-order valence-electron chi connectivity index (χ0n) is 16.0. The average molecular weight is 391 g/mol. The van der Waals surface area contributed by atoms with E-state index in [4.69, 9.17) is 0 Å². The van der Waals surface area contributed by atoms with Crippen molar-refractivity contribution in [3.05, 3.63) is 72.3 Å². The van der Waals surface area contributed by atoms with Crippen LogP contribution in [0.5, 0.6) is 0 Å². The smallest absolute Gasteiger partial charge is 0.223 e. The molecule has 0 radical (unpaired) electrons. The van der Waals surface area contributed by atoms with Gasteiger partial charge in [-0.25, -0.2) is 4.39 Å². The van der Waals surface area contributed by atoms with Gasteiger partial charge in [0.15, 0.2) is 5.82 Å². The second-order valence-electron chi connectivity index (χ2n) is 7.12. The highest BCUT2D eigenvalue weighted by Gasteiger charge is 2.25. The molecular formula is C22H22FN5O. The third-order valence-corrected chi connectivity index (χ3v) is 5.17. The van der Waals surface area contributed by atoms with Crippen LogP contribution in [0, 0.1) is 11.7 Å². The van der Waals surface area contributed by atoms with E-state index < -0.39 is 0 Å². The molecule has 0 spiro atoms. The van der Waals surface area contributed by atoms with Crippen molar-refractivity contribution < 1.29 is 9.18 Å². The highest BCUT2D eigenvalue weighted by Crippen LogP contribution is 2.23. The van der Waals surface area contributed by atoms with E-state index in [2.05, 4.69) is 25.4 Å². The lowest BCUT2D eigenvalue weighted by atomic mass is 9.96. The molecule has 3 aromatic rings. The van der Waals surface area contributed by atoms with Gasteiger partial charge in [0, 0.05) is 43.5 Å². The van der Waals surface area contributed by atoms with Crippen molar-refractivity contribution in [1.82, 2.24) is 20.5 Å². The Bertz CT molecular complexity index is 939. The molecule has 1 amide bonds. The molecule has 1 aliphatic rings. The van der Waals surface area contributed by atoms with Gasteiger partial charge in [0.25, 0.3) is 0 Å². The number of piperidine rings is 1. The molecule has 3 heterocycles. The van der Waals surface area contributed by atoms with Gasteiger partial charge in [-0.3, -0.25) is 9.78 Å². The van der Waals surface area contributed by atoms with E-state index in [-0.39, 0.29) is 17.6 Å². The minimum absolute atomic E-state index is 0.00868. The van der Waals surface area contributed by atoms with Gasteiger partial charge in [-0.05, 0) is 60.9 Å². The number of rotatable bonds is 5. The second-order valence-corrected chi connectivity index (χ2v) is 7.12. The van der Waals surface area contributed by atoms with Crippen molar-refractivity contribution >= 4 is 11.7 Å². The Morgan fingerprint density at radius 2 is 1.86 bits per heavy atom. The zero-order valence-corrected chi connectivity index (χ0v) is 16.0. The SMILES string of the molecule is O=C(NCc1cccnc1)C1CCN(c2ccc(-c3ccc(F)cc3)nn2)CC1. The van der Waals surface area contributed by atoms with Gasteiger partial charge in [0.1, 0.15) is 5.82 Å². The third-order valence-electron chi connectivity index (χ3n) is 5.17. The second kappa shape index (κ2) is 8.77. The van der Waals surface area contributed by atoms with Crippen LogP contribution >= 0.6 is 0 Å². The molecule has 6 nitrogen and oxygen atoms in total. The Morgan fingerprint density at radius 3 is 2.52 bits per heavy atom. The number of halogens is 1. The van der Waals surface area contributed by atoms with Gasteiger partial charge < -0.3 is 10.2 Å². The molecule has 0 aliphatic carbocycles. The Hall–Kier alpha value is -3.35. The number of anilines is 1. The predicted octanol–water partition coefficient (Wildman–Crippen LogP) is 3.21. The summed E-state index contributed by atoms with van der Waals surface area (Å²) in [6.45, 7) is 2.02. The summed E-state index contributed by atoms with van der Waals surface area (Å²) in [5.41, 5.74) is 2.53. The zero-order chi connectivity index (χ0) is 20.1. The van der Waals surface area contributed by atoms with Crippen LogP contribution in [0.1, 0.15) is 18.4 Å². The van der Waals surface area contributed by atoms with Crippen molar-refractivity contribution in [3.8, 4) is 11.3 Å². The van der Waals surface area contributed by atoms with Crippen molar-refractivity contribution in [2.24, 2.45) is 5.92 Å². The van der Waals surface area contributed by atoms with E-state index in [9.17, 15) is 9.18 Å². The average Bonchev–Trinajstić information content (AvgIpc) is 2.79. The van der Waals surface area contributed by atoms with Crippen molar-refractivity contribution in [2.75, 3.05) is 18.0 Å². The van der Waals surface area contributed by atoms with Gasteiger partial charge in [0.05, 0.1) is 5.69 Å². The highest BCUT2D eigenvalue weighted by molar-refractivity contribution is 5.79. The summed E-state index contributed by atoms with van der Waals surface area (Å²) in [7, 11) is 0. The Balaban J connectivity index is 1.30. The summed E-state index contributed by atoms with van der Waals surface area (Å²) in [5, 5.41) is 11.6. The molecule has 1 fully saturated rings. The number of carbonyl (C=O) groups is 1. The Kier molecular flexibility index (Phi) is 5.74. The molecule has 4 rings (SSSR count). The van der Waals surface area contributed by atoms with E-state index in [1.807, 2.05) is 24.3 Å². The molecule has 0 saturated carbocycles. The first-order valence-electron chi connectivity index (χ1n) is 9.70. The van der Waals surface area contributed by atoms with Gasteiger partial charge in [-0.15, -0.1) is 10.2 Å². The maximum atomic E-state index is 13.1. The summed E-state index contributed by atoms with van der Waals surface area (Å²) >= 11 is 0. The number of nitrogens with zero attached hydrogens (tertiary/aromatic N) is 4. The maximum Gasteiger partial charge on any atom is 0.223 e. The molecule has 29 heavy (non-hydrogen) atoms. The lowest BCUT2D eigenvalue weighted by molar-refractivity contribution is -0.125. The van der Waals surface area contributed by atoms with Crippen molar-refractivity contribution in [2.45, 2.75) is 19.4 Å². The molecule has 1 saturated heterocycles. The molecule has 0 bridgehead atoms. The Labute approximate surface area is 168 Å². The molecular weight excluding hydrogens is 369 g/mol. The number of hydrogen-bond donors (Lipinski definition) is 1. The molecule has 2 aromatic heterocycles. The number of hydrogen-bond acceptors (Lipinski definition) is 5. The number of nitrogens with one attached hydrogen (secondary N) is 1. The first-order chi connectivity index (χ1) is 14.2. The van der Waals surface area contributed by atoms with Crippen LogP contribution in [0.3, 0.4) is 0 Å². The molecule has 7 heteroatoms. The van der Waals surface area contributed by atoms with Crippen molar-refractivity contribution in [3.63, 3.8) is 0 Å². The van der Waals surface area contributed by atoms with Gasteiger partial charge in [-0.2, -0.15) is 0 Å². The standard InChI is InChI=1S/C22H22FN5O/c23-19-5-3-17(4-6-19)20-7-8-21(27-26-20)28-12-9-18(10-13-28)22(29)25-15-16-2-1-11-24-14-16/h1-8,11,14,18H,9-10,12-13,15H2,(H,25,29). The highest BCUT2D eigenvalue weighted by atomic mass is 19.1. The summed E-state index contributed by atoms with van der Waals surface area (Å²) < 4.78 is 13.1. The molecule has 1 aliphatic heterocycles. The minimum Gasteiger partial charge on any atom is -0.355 e. The first kappa shape index (κ1) is 19.0. The fraction of sp³-hybridized carbons (Fsp3) is 0.273. The molecule has 148 valence electrons. The van der Waals surface area contributed by atoms with Crippen molar-refractivity contribution in [1.29, 1.82) is 0 Å². The van der Waals surface area contributed by atoms with E-state index in [1.54, 1.807) is 24.5 Å². The van der Waals surface area contributed by atoms with E-state index in [1.165, 1.54) is 12.1 Å². The summed E-state index contributed by atoms with van der Waals surface area (Å²) in [6.07, 6.45) is 5.04. The summed E-state index contributed by atoms with van der Waals surface area (Å²) in [4.78, 5) is 18.6. The number of benzene rings is 1. The quantitative estimate of drug-likeness (QED) is 0.723. The van der Waals surface area contributed by atoms with Crippen LogP contribution < -0.4 is 10.2 Å². The number of amides is 1. The normalized spacial score (nSPS) is 14.6. The fourth-order valence-electron chi connectivity index (χ4n) is 3.48. The molecule has 1 aromatic carbocycles. The largest absolute Gasteiger partial charge is 0.355 e. The first-order valence-corrected chi connectivity index (χ1v) is 9.70. The number of aromatic nitrogens is 3. The topological polar surface area (TPSA) is 71.0 Å². The van der Waals surface area contributed by atoms with Crippen LogP contribution in [0.2, 0.25) is 0 Å². The molecule has 0 unspecified atom stereocenters. The fourth-order valence-corrected chi connectivity index (χ4v) is 3.48. The summed E-state index contributed by atoms with van der Waals surface area (Å²) in [5.74, 6) is 0.622. The number of carbonyl (C=O) groups excluding carboxylic acids is 1. The molecule has 0 atom stereocenters. The molecule has 1 N–H and O–H groups in total. The van der Waals surface area contributed by atoms with Crippen LogP contribution in [-0.2, 0) is 11.3 Å². The lowest BCUT2D eigenvalue weighted by Gasteiger charge is -2.31. The number of pyridine rings is 1. The van der Waals surface area contributed by atoms with E-state index in [0.29, 0.717) is 12.2 Å². The minimum atomic E-state index is -0.273. The maximum absolute atomic E-state index is 13.1. The predicted molar refractivity (Wildman–Crippen MR) is 108 cm³/mol. The van der Waals surface area contributed by atoms with Crippen LogP contribution in [0.4, 0.5) is 10.2 Å². The van der Waals surface area contributed by atoms with Gasteiger partial charge >= 0.3 is 0 Å². The summed E-state index contributed by atoms with van der Waals surface area (Å²) in [6, 6.07) is 13.8. The van der Waals surface area contributed by atoms with Crippen LogP contribution in [0.15, 0.2) is 60.9 Å². The van der Waals surface area contributed by atoms with Crippen LogP contribution in [0.25, 0.3) is 11.3 Å². The Morgan fingerprint density at radius 1 is 1.07 bits per heavy atom. The van der Waals surface area contributed by atoms with Crippen LogP contribution in [-0.4, -0.2) is 34.2 Å². The van der Waals surface area contributed by atoms with Gasteiger partial charge in [0.2, 0.25) is 5.91 Å². The van der Waals surface area contributed by atoms with E-state index >= 15 is 0 Å². The lowest BCUT2D eigenvalue weighted by Crippen LogP contribution is -2.40. The van der Waals surface area contributed by atoms with Gasteiger partial charge in [-0.1, -0.05) is 6.07 Å². The monoisotopic (exact) mass is 391 g/mol.